The summed E-state index contributed by atoms with van der Waals surface area (Å²) in [5.41, 5.74) is -5.95. The number of carbonyl (C=O) groups excluding carboxylic acids is 6. The Bertz CT molecular complexity index is 529. The van der Waals surface area contributed by atoms with Crippen LogP contribution in [0.5, 0.6) is 0 Å². The van der Waals surface area contributed by atoms with Gasteiger partial charge in [-0.1, -0.05) is 0 Å². The van der Waals surface area contributed by atoms with Crippen LogP contribution in [0.25, 0.3) is 0 Å². The molecule has 2 N–H and O–H groups in total. The zero-order valence-corrected chi connectivity index (χ0v) is 37.4. The molecular weight excluding hydrogens is 603 g/mol. The maximum Gasteiger partial charge on any atom is 1.00 e. The Morgan fingerprint density at radius 3 is 0.625 bits per heavy atom. The monoisotopic (exact) mass is 612 g/mol. The van der Waals surface area contributed by atoms with E-state index in [0.717, 1.165) is 0 Å². The molecule has 0 bridgehead atoms. The van der Waals surface area contributed by atoms with Gasteiger partial charge in [-0.15, -0.1) is 0 Å². The predicted octanol–water partition coefficient (Wildman–Crippen LogP) is -28.5. The molecule has 0 aliphatic heterocycles. The first kappa shape index (κ1) is 58.2. The van der Waals surface area contributed by atoms with Crippen LogP contribution in [0, 0.1) is 0 Å². The van der Waals surface area contributed by atoms with Gasteiger partial charge in [0.05, 0.1) is 11.9 Å². The molecule has 0 aliphatic carbocycles. The summed E-state index contributed by atoms with van der Waals surface area (Å²) in [5, 5.41) is 77.9. The minimum Gasteiger partial charge on any atom is -0.550 e. The van der Waals surface area contributed by atoms with Crippen LogP contribution in [0.1, 0.15) is 25.7 Å². The fourth-order valence-corrected chi connectivity index (χ4v) is 1.37. The van der Waals surface area contributed by atoms with Gasteiger partial charge in [-0.25, -0.2) is 0 Å². The minimum atomic E-state index is -2.97. The molecule has 0 aliphatic rings. The first-order valence-electron chi connectivity index (χ1n) is 6.23. The number of hydrogen-bond acceptors (Lipinski definition) is 14. The maximum absolute atomic E-state index is 10.1. The minimum absolute atomic E-state index is 0. The van der Waals surface area contributed by atoms with Crippen LogP contribution < -0.4 is 339 Å². The largest absolute Gasteiger partial charge is 1.00 e. The van der Waals surface area contributed by atoms with Crippen LogP contribution in [0.4, 0.5) is 0 Å². The van der Waals surface area contributed by atoms with Crippen molar-refractivity contribution >= 4 is 35.8 Å². The van der Waals surface area contributed by atoms with E-state index in [0.29, 0.717) is 0 Å². The van der Waals surface area contributed by atoms with E-state index in [-0.39, 0.29) is 308 Å². The van der Waals surface area contributed by atoms with Crippen LogP contribution >= 0.6 is 0 Å². The Morgan fingerprint density at radius 2 is 0.562 bits per heavy atom. The molecule has 0 aromatic rings. The number of hydrogen-bond donors (Lipinski definition) is 2. The van der Waals surface area contributed by atoms with Gasteiger partial charge in [-0.05, 0) is 0 Å². The fourth-order valence-electron chi connectivity index (χ4n) is 1.37. The van der Waals surface area contributed by atoms with Crippen molar-refractivity contribution in [3.05, 3.63) is 0 Å². The molecule has 148 valence electrons. The number of aliphatic hydroxyl groups is 2. The zero-order valence-electron chi connectivity index (χ0n) is 18.6. The maximum atomic E-state index is 10.1. The van der Waals surface area contributed by atoms with Gasteiger partial charge in [0.2, 0.25) is 0 Å². The Morgan fingerprint density at radius 1 is 0.438 bits per heavy atom. The van der Waals surface area contributed by atoms with Crippen molar-refractivity contribution in [1.29, 1.82) is 0 Å². The second-order valence-corrected chi connectivity index (χ2v) is 4.83. The zero-order chi connectivity index (χ0) is 21.3. The van der Waals surface area contributed by atoms with E-state index in [1.54, 1.807) is 0 Å². The number of aliphatic carboxylic acids is 6. The van der Waals surface area contributed by atoms with Gasteiger partial charge < -0.3 is 69.6 Å². The first-order chi connectivity index (χ1) is 11.6. The number of rotatable bonds is 10. The van der Waals surface area contributed by atoms with Crippen molar-refractivity contribution in [3.63, 3.8) is 0 Å². The van der Waals surface area contributed by atoms with Crippen molar-refractivity contribution in [2.75, 3.05) is 0 Å². The molecule has 0 radical (unpaired) electrons. The Balaban J connectivity index is -0.0000000505. The van der Waals surface area contributed by atoms with Gasteiger partial charge in [0.1, 0.15) is 11.2 Å². The SMILES string of the molecule is O=C([O-])CC(O)(CC(=O)[O-])C(=O)[O-].O=C([O-])CC(O)(CC(=O)[O-])C(=O)[O-].[K+].[K+].[K+].[K+].[K+].[K+]. The summed E-state index contributed by atoms with van der Waals surface area (Å²) in [7, 11) is 0. The van der Waals surface area contributed by atoms with E-state index in [1.165, 1.54) is 0 Å². The van der Waals surface area contributed by atoms with E-state index in [9.17, 15) is 59.4 Å². The van der Waals surface area contributed by atoms with Crippen molar-refractivity contribution in [1.82, 2.24) is 0 Å². The summed E-state index contributed by atoms with van der Waals surface area (Å²) < 4.78 is 0. The number of carboxylic acids is 6. The second-order valence-electron chi connectivity index (χ2n) is 4.83. The summed E-state index contributed by atoms with van der Waals surface area (Å²) >= 11 is 0. The third-order valence-corrected chi connectivity index (χ3v) is 2.51. The molecule has 0 heterocycles. The average Bonchev–Trinajstić information content (AvgIpc) is 2.34. The molecule has 0 saturated carbocycles. The normalized spacial score (nSPS) is 8.81. The topological polar surface area (TPSA) is 281 Å². The first-order valence-corrected chi connectivity index (χ1v) is 6.23. The van der Waals surface area contributed by atoms with E-state index in [1.807, 2.05) is 0 Å². The summed E-state index contributed by atoms with van der Waals surface area (Å²) in [6, 6.07) is 0. The van der Waals surface area contributed by atoms with Crippen LogP contribution in [-0.4, -0.2) is 57.2 Å². The van der Waals surface area contributed by atoms with Gasteiger partial charge in [0, 0.05) is 49.6 Å². The Labute approximate surface area is 437 Å². The Kier molecular flexibility index (Phi) is 55.5. The fraction of sp³-hybridized carbons (Fsp3) is 0.500. The third-order valence-electron chi connectivity index (χ3n) is 2.51. The van der Waals surface area contributed by atoms with Crippen LogP contribution in [0.2, 0.25) is 0 Å². The van der Waals surface area contributed by atoms with Crippen LogP contribution in [0.15, 0.2) is 0 Å². The van der Waals surface area contributed by atoms with Gasteiger partial charge >= 0.3 is 308 Å². The summed E-state index contributed by atoms with van der Waals surface area (Å²) in [6.45, 7) is 0. The molecule has 0 aromatic carbocycles. The molecule has 0 amide bonds. The number of carbonyl (C=O) groups is 6. The standard InChI is InChI=1S/2C6H8O7.6K/c2*7-3(8)1-6(13,5(11)12)2-4(9)10;;;;;;/h2*13H,1-2H2,(H,7,8)(H,9,10)(H,11,12);;;;;;/q;;6*+1/p-6. The third kappa shape index (κ3) is 31.1. The van der Waals surface area contributed by atoms with Gasteiger partial charge in [-0.3, -0.25) is 0 Å². The van der Waals surface area contributed by atoms with Crippen LogP contribution in [0.3, 0.4) is 0 Å². The van der Waals surface area contributed by atoms with Crippen molar-refractivity contribution in [2.45, 2.75) is 36.9 Å². The van der Waals surface area contributed by atoms with Crippen molar-refractivity contribution < 1.29 is 378 Å². The smallest absolute Gasteiger partial charge is 0.550 e. The van der Waals surface area contributed by atoms with Gasteiger partial charge in [0.25, 0.3) is 0 Å². The predicted molar refractivity (Wildman–Crippen MR) is 58.4 cm³/mol. The molecule has 0 saturated heterocycles. The molecule has 0 atom stereocenters. The number of carboxylic acid groups (broad SMARTS) is 6. The van der Waals surface area contributed by atoms with Crippen molar-refractivity contribution in [2.24, 2.45) is 0 Å². The molecule has 0 unspecified atom stereocenters. The van der Waals surface area contributed by atoms with E-state index >= 15 is 0 Å². The molecule has 0 aromatic heterocycles. The van der Waals surface area contributed by atoms with Crippen molar-refractivity contribution in [3.8, 4) is 0 Å². The molecule has 0 fully saturated rings. The second kappa shape index (κ2) is 30.5. The van der Waals surface area contributed by atoms with E-state index in [4.69, 9.17) is 10.2 Å². The van der Waals surface area contributed by atoms with Gasteiger partial charge in [-0.2, -0.15) is 0 Å². The van der Waals surface area contributed by atoms with Crippen LogP contribution in [-0.2, 0) is 28.8 Å². The molecule has 14 nitrogen and oxygen atoms in total. The summed E-state index contributed by atoms with van der Waals surface area (Å²) in [5.74, 6) is -12.0. The van der Waals surface area contributed by atoms with E-state index in [2.05, 4.69) is 0 Å². The molecule has 32 heavy (non-hydrogen) atoms. The van der Waals surface area contributed by atoms with Gasteiger partial charge in [0.15, 0.2) is 0 Å². The molecular formula is C12H10K6O14. The molecule has 20 heteroatoms. The summed E-state index contributed by atoms with van der Waals surface area (Å²) in [4.78, 5) is 60.0. The summed E-state index contributed by atoms with van der Waals surface area (Å²) in [6.07, 6.45) is -5.43. The van der Waals surface area contributed by atoms with E-state index < -0.39 is 72.7 Å². The molecule has 0 spiro atoms. The average molecular weight is 613 g/mol. The molecule has 0 rings (SSSR count). The Hall–Kier alpha value is 6.56. The quantitative estimate of drug-likeness (QED) is 0.217.